The van der Waals surface area contributed by atoms with E-state index < -0.39 is 5.91 Å². The lowest BCUT2D eigenvalue weighted by atomic mass is 10.1. The second-order valence-electron chi connectivity index (χ2n) is 7.21. The van der Waals surface area contributed by atoms with Gasteiger partial charge in [0.05, 0.1) is 43.9 Å². The summed E-state index contributed by atoms with van der Waals surface area (Å²) in [5.74, 6) is 0.291. The summed E-state index contributed by atoms with van der Waals surface area (Å²) in [4.78, 5) is 29.4. The normalized spacial score (nSPS) is 10.4. The van der Waals surface area contributed by atoms with Gasteiger partial charge < -0.3 is 20.1 Å². The molecule has 34 heavy (non-hydrogen) atoms. The van der Waals surface area contributed by atoms with Crippen LogP contribution in [0.5, 0.6) is 11.5 Å². The summed E-state index contributed by atoms with van der Waals surface area (Å²) in [5.41, 5.74) is 2.64. The molecule has 172 valence electrons. The van der Waals surface area contributed by atoms with Crippen LogP contribution in [0.3, 0.4) is 0 Å². The molecular formula is C25H23N5O4. The third kappa shape index (κ3) is 5.04. The Hall–Kier alpha value is -4.66. The summed E-state index contributed by atoms with van der Waals surface area (Å²) in [5, 5.41) is 10.0. The van der Waals surface area contributed by atoms with Crippen LogP contribution in [0.1, 0.15) is 10.4 Å². The number of nitrogens with one attached hydrogen (secondary N) is 2. The Morgan fingerprint density at radius 1 is 1.00 bits per heavy atom. The zero-order chi connectivity index (χ0) is 23.9. The lowest BCUT2D eigenvalue weighted by molar-refractivity contribution is -0.115. The summed E-state index contributed by atoms with van der Waals surface area (Å²) >= 11 is 0. The molecule has 0 atom stereocenters. The first kappa shape index (κ1) is 22.5. The van der Waals surface area contributed by atoms with E-state index in [0.29, 0.717) is 34.0 Å². The minimum absolute atomic E-state index is 0.219. The van der Waals surface area contributed by atoms with Crippen LogP contribution < -0.4 is 20.1 Å². The predicted molar refractivity (Wildman–Crippen MR) is 127 cm³/mol. The minimum atomic E-state index is -0.448. The Labute approximate surface area is 196 Å². The molecule has 0 spiro atoms. The minimum Gasteiger partial charge on any atom is -0.497 e. The van der Waals surface area contributed by atoms with Gasteiger partial charge in [-0.05, 0) is 36.4 Å². The maximum absolute atomic E-state index is 13.1. The fourth-order valence-electron chi connectivity index (χ4n) is 3.34. The molecule has 2 heterocycles. The number of carbonyl (C=O) groups excluding carboxylic acids is 2. The van der Waals surface area contributed by atoms with E-state index in [1.54, 1.807) is 54.5 Å². The van der Waals surface area contributed by atoms with Crippen molar-refractivity contribution >= 4 is 17.5 Å². The number of para-hydroxylation sites is 1. The number of hydrogen-bond acceptors (Lipinski definition) is 6. The zero-order valence-corrected chi connectivity index (χ0v) is 18.7. The molecule has 2 aromatic heterocycles. The van der Waals surface area contributed by atoms with E-state index >= 15 is 0 Å². The first-order valence-electron chi connectivity index (χ1n) is 10.4. The van der Waals surface area contributed by atoms with Gasteiger partial charge in [0.25, 0.3) is 5.91 Å². The second kappa shape index (κ2) is 10.3. The van der Waals surface area contributed by atoms with Crippen LogP contribution in [0.25, 0.3) is 16.9 Å². The number of aromatic nitrogens is 3. The second-order valence-corrected chi connectivity index (χ2v) is 7.21. The van der Waals surface area contributed by atoms with Crippen molar-refractivity contribution in [2.24, 2.45) is 0 Å². The van der Waals surface area contributed by atoms with Crippen LogP contribution in [0, 0.1) is 0 Å². The van der Waals surface area contributed by atoms with Gasteiger partial charge in [-0.3, -0.25) is 14.6 Å². The van der Waals surface area contributed by atoms with Crippen molar-refractivity contribution in [3.8, 4) is 28.4 Å². The molecule has 2 aromatic carbocycles. The standard InChI is InChI=1S/C25H23N5O4/c1-33-19-10-11-20(22(13-19)34-2)24-21(16-30(29-24)18-8-4-3-5-9-18)25(32)27-15-23(31)28-17-7-6-12-26-14-17/h3-14,16H,15H2,1-2H3,(H,27,32)(H,28,31). The van der Waals surface area contributed by atoms with Gasteiger partial charge in [0.2, 0.25) is 5.91 Å². The Morgan fingerprint density at radius 3 is 2.53 bits per heavy atom. The number of hydrogen-bond donors (Lipinski definition) is 2. The van der Waals surface area contributed by atoms with Gasteiger partial charge in [0, 0.05) is 24.0 Å². The van der Waals surface area contributed by atoms with Crippen LogP contribution in [0.15, 0.2) is 79.3 Å². The van der Waals surface area contributed by atoms with Gasteiger partial charge in [-0.15, -0.1) is 0 Å². The number of anilines is 1. The van der Waals surface area contributed by atoms with Gasteiger partial charge in [0.1, 0.15) is 17.2 Å². The van der Waals surface area contributed by atoms with Gasteiger partial charge in [0.15, 0.2) is 0 Å². The van der Waals surface area contributed by atoms with E-state index in [1.807, 2.05) is 30.3 Å². The molecule has 0 saturated heterocycles. The van der Waals surface area contributed by atoms with Gasteiger partial charge >= 0.3 is 0 Å². The SMILES string of the molecule is COc1ccc(-c2nn(-c3ccccc3)cc2C(=O)NCC(=O)Nc2cccnc2)c(OC)c1. The Bertz CT molecular complexity index is 1290. The lowest BCUT2D eigenvalue weighted by Gasteiger charge is -2.10. The molecule has 0 bridgehead atoms. The third-order valence-electron chi connectivity index (χ3n) is 5.00. The number of pyridine rings is 1. The molecule has 0 unspecified atom stereocenters. The van der Waals surface area contributed by atoms with Crippen LogP contribution in [0.4, 0.5) is 5.69 Å². The lowest BCUT2D eigenvalue weighted by Crippen LogP contribution is -2.33. The van der Waals surface area contributed by atoms with Crippen molar-refractivity contribution in [2.75, 3.05) is 26.1 Å². The van der Waals surface area contributed by atoms with E-state index in [9.17, 15) is 9.59 Å². The van der Waals surface area contributed by atoms with Crippen LogP contribution in [0.2, 0.25) is 0 Å². The number of nitrogens with zero attached hydrogens (tertiary/aromatic N) is 3. The number of benzene rings is 2. The van der Waals surface area contributed by atoms with Crippen LogP contribution >= 0.6 is 0 Å². The quantitative estimate of drug-likeness (QED) is 0.420. The summed E-state index contributed by atoms with van der Waals surface area (Å²) < 4.78 is 12.4. The molecule has 0 aliphatic carbocycles. The highest BCUT2D eigenvalue weighted by Crippen LogP contribution is 2.34. The molecule has 2 N–H and O–H groups in total. The fraction of sp³-hybridized carbons (Fsp3) is 0.120. The number of rotatable bonds is 8. The molecule has 0 saturated carbocycles. The molecule has 4 aromatic rings. The summed E-state index contributed by atoms with van der Waals surface area (Å²) in [6, 6.07) is 18.1. The van der Waals surface area contributed by atoms with Crippen molar-refractivity contribution in [3.63, 3.8) is 0 Å². The summed E-state index contributed by atoms with van der Waals surface area (Å²) in [6.07, 6.45) is 4.76. The van der Waals surface area contributed by atoms with E-state index in [-0.39, 0.29) is 12.5 Å². The smallest absolute Gasteiger partial charge is 0.255 e. The van der Waals surface area contributed by atoms with E-state index in [2.05, 4.69) is 20.7 Å². The van der Waals surface area contributed by atoms with Crippen molar-refractivity contribution < 1.29 is 19.1 Å². The van der Waals surface area contributed by atoms with Gasteiger partial charge in [-0.25, -0.2) is 4.68 Å². The Kier molecular flexibility index (Phi) is 6.83. The van der Waals surface area contributed by atoms with E-state index in [0.717, 1.165) is 5.69 Å². The van der Waals surface area contributed by atoms with Crippen molar-refractivity contribution in [2.45, 2.75) is 0 Å². The first-order chi connectivity index (χ1) is 16.6. The highest BCUT2D eigenvalue weighted by atomic mass is 16.5. The molecule has 9 heteroatoms. The average molecular weight is 457 g/mol. The molecule has 4 rings (SSSR count). The largest absolute Gasteiger partial charge is 0.497 e. The highest BCUT2D eigenvalue weighted by Gasteiger charge is 2.22. The monoisotopic (exact) mass is 457 g/mol. The maximum Gasteiger partial charge on any atom is 0.255 e. The molecule has 9 nitrogen and oxygen atoms in total. The Morgan fingerprint density at radius 2 is 1.82 bits per heavy atom. The van der Waals surface area contributed by atoms with Crippen LogP contribution in [-0.4, -0.2) is 47.3 Å². The number of methoxy groups -OCH3 is 2. The predicted octanol–water partition coefficient (Wildman–Crippen LogP) is 3.32. The molecule has 0 aliphatic heterocycles. The maximum atomic E-state index is 13.1. The number of ether oxygens (including phenoxy) is 2. The number of amides is 2. The zero-order valence-electron chi connectivity index (χ0n) is 18.7. The van der Waals surface area contributed by atoms with E-state index in [1.165, 1.54) is 13.3 Å². The number of carbonyl (C=O) groups is 2. The van der Waals surface area contributed by atoms with E-state index in [4.69, 9.17) is 9.47 Å². The topological polar surface area (TPSA) is 107 Å². The molecule has 0 fully saturated rings. The molecular weight excluding hydrogens is 434 g/mol. The summed E-state index contributed by atoms with van der Waals surface area (Å²) in [7, 11) is 3.10. The molecule has 0 aliphatic rings. The Balaban J connectivity index is 1.63. The van der Waals surface area contributed by atoms with Crippen molar-refractivity contribution in [3.05, 3.63) is 84.8 Å². The van der Waals surface area contributed by atoms with Crippen LogP contribution in [-0.2, 0) is 4.79 Å². The average Bonchev–Trinajstić information content (AvgIpc) is 3.33. The summed E-state index contributed by atoms with van der Waals surface area (Å²) in [6.45, 7) is -0.219. The van der Waals surface area contributed by atoms with Gasteiger partial charge in [-0.1, -0.05) is 18.2 Å². The van der Waals surface area contributed by atoms with Crippen molar-refractivity contribution in [1.29, 1.82) is 0 Å². The van der Waals surface area contributed by atoms with Crippen molar-refractivity contribution in [1.82, 2.24) is 20.1 Å². The first-order valence-corrected chi connectivity index (χ1v) is 10.4. The van der Waals surface area contributed by atoms with Gasteiger partial charge in [-0.2, -0.15) is 5.10 Å². The third-order valence-corrected chi connectivity index (χ3v) is 5.00. The highest BCUT2D eigenvalue weighted by molar-refractivity contribution is 6.03. The molecule has 2 amide bonds. The fourth-order valence-corrected chi connectivity index (χ4v) is 3.34. The molecule has 0 radical (unpaired) electrons.